The average Bonchev–Trinajstić information content (AvgIpc) is 2.62. The van der Waals surface area contributed by atoms with Crippen LogP contribution in [-0.4, -0.2) is 43.8 Å². The first-order chi connectivity index (χ1) is 11.5. The van der Waals surface area contributed by atoms with E-state index in [1.807, 2.05) is 18.2 Å². The number of benzene rings is 2. The fourth-order valence-electron chi connectivity index (χ4n) is 3.07. The average molecular weight is 365 g/mol. The number of rotatable bonds is 4. The Morgan fingerprint density at radius 1 is 0.917 bits per heavy atom. The highest BCUT2D eigenvalue weighted by atomic mass is 35.5. The van der Waals surface area contributed by atoms with Crippen LogP contribution < -0.4 is 0 Å². The van der Waals surface area contributed by atoms with Crippen molar-refractivity contribution in [2.75, 3.05) is 26.2 Å². The van der Waals surface area contributed by atoms with E-state index < -0.39 is 10.0 Å². The smallest absolute Gasteiger partial charge is 0.244 e. The molecule has 1 heterocycles. The van der Waals surface area contributed by atoms with E-state index in [2.05, 4.69) is 24.0 Å². The third-order valence-corrected chi connectivity index (χ3v) is 6.96. The Bertz CT molecular complexity index is 788. The maximum absolute atomic E-state index is 12.8. The predicted octanol–water partition coefficient (Wildman–Crippen LogP) is 3.41. The topological polar surface area (TPSA) is 40.6 Å². The van der Waals surface area contributed by atoms with Gasteiger partial charge in [0.1, 0.15) is 4.90 Å². The third-order valence-electron chi connectivity index (χ3n) is 4.56. The van der Waals surface area contributed by atoms with E-state index in [1.165, 1.54) is 9.87 Å². The zero-order valence-electron chi connectivity index (χ0n) is 13.6. The molecule has 24 heavy (non-hydrogen) atoms. The van der Waals surface area contributed by atoms with E-state index in [4.69, 9.17) is 11.6 Å². The van der Waals surface area contributed by atoms with Gasteiger partial charge >= 0.3 is 0 Å². The molecule has 0 spiro atoms. The zero-order chi connectivity index (χ0) is 17.2. The quantitative estimate of drug-likeness (QED) is 0.834. The molecule has 3 rings (SSSR count). The Hall–Kier alpha value is -1.40. The molecule has 2 aromatic carbocycles. The highest BCUT2D eigenvalue weighted by Crippen LogP contribution is 2.27. The summed E-state index contributed by atoms with van der Waals surface area (Å²) < 4.78 is 27.1. The molecule has 0 aliphatic carbocycles. The fraction of sp³-hybridized carbons (Fsp3) is 0.333. The molecule has 0 amide bonds. The first kappa shape index (κ1) is 17.4. The lowest BCUT2D eigenvalue weighted by Crippen LogP contribution is -2.49. The van der Waals surface area contributed by atoms with Crippen molar-refractivity contribution in [1.82, 2.24) is 9.21 Å². The fourth-order valence-corrected chi connectivity index (χ4v) is 4.98. The highest BCUT2D eigenvalue weighted by molar-refractivity contribution is 7.89. The van der Waals surface area contributed by atoms with Crippen molar-refractivity contribution in [2.45, 2.75) is 17.9 Å². The first-order valence-corrected chi connectivity index (χ1v) is 9.85. The van der Waals surface area contributed by atoms with E-state index in [0.29, 0.717) is 26.2 Å². The molecule has 0 bridgehead atoms. The third kappa shape index (κ3) is 3.49. The summed E-state index contributed by atoms with van der Waals surface area (Å²) in [5.74, 6) is 0. The van der Waals surface area contributed by atoms with Crippen molar-refractivity contribution in [1.29, 1.82) is 0 Å². The van der Waals surface area contributed by atoms with Crippen molar-refractivity contribution in [2.24, 2.45) is 0 Å². The minimum atomic E-state index is -3.53. The molecular formula is C18H21ClN2O2S. The zero-order valence-corrected chi connectivity index (χ0v) is 15.2. The summed E-state index contributed by atoms with van der Waals surface area (Å²) in [6.45, 7) is 4.53. The van der Waals surface area contributed by atoms with Gasteiger partial charge in [0.15, 0.2) is 0 Å². The molecule has 6 heteroatoms. The van der Waals surface area contributed by atoms with Crippen molar-refractivity contribution < 1.29 is 8.42 Å². The second kappa shape index (κ2) is 7.23. The van der Waals surface area contributed by atoms with Gasteiger partial charge in [-0.1, -0.05) is 54.1 Å². The van der Waals surface area contributed by atoms with E-state index in [9.17, 15) is 8.42 Å². The van der Waals surface area contributed by atoms with Crippen LogP contribution in [0.15, 0.2) is 59.5 Å². The van der Waals surface area contributed by atoms with Crippen molar-refractivity contribution in [3.8, 4) is 0 Å². The van der Waals surface area contributed by atoms with Crippen LogP contribution in [0, 0.1) is 0 Å². The first-order valence-electron chi connectivity index (χ1n) is 8.04. The molecule has 1 saturated heterocycles. The van der Waals surface area contributed by atoms with Gasteiger partial charge < -0.3 is 0 Å². The number of hydrogen-bond donors (Lipinski definition) is 0. The molecule has 0 radical (unpaired) electrons. The molecule has 1 aliphatic rings. The molecule has 1 aliphatic heterocycles. The largest absolute Gasteiger partial charge is 0.294 e. The number of halogens is 1. The molecule has 128 valence electrons. The molecule has 1 fully saturated rings. The molecular weight excluding hydrogens is 344 g/mol. The van der Waals surface area contributed by atoms with E-state index >= 15 is 0 Å². The van der Waals surface area contributed by atoms with Crippen LogP contribution in [0.2, 0.25) is 5.02 Å². The van der Waals surface area contributed by atoms with Crippen molar-refractivity contribution in [3.05, 3.63) is 65.2 Å². The minimum Gasteiger partial charge on any atom is -0.294 e. The maximum Gasteiger partial charge on any atom is 0.244 e. The molecule has 2 aromatic rings. The maximum atomic E-state index is 12.8. The summed E-state index contributed by atoms with van der Waals surface area (Å²) in [5.41, 5.74) is 1.25. The van der Waals surface area contributed by atoms with Crippen LogP contribution in [0.4, 0.5) is 0 Å². The van der Waals surface area contributed by atoms with Crippen LogP contribution in [0.1, 0.15) is 18.5 Å². The van der Waals surface area contributed by atoms with Crippen molar-refractivity contribution in [3.63, 3.8) is 0 Å². The molecule has 0 aromatic heterocycles. The Kier molecular flexibility index (Phi) is 5.25. The molecule has 0 unspecified atom stereocenters. The second-order valence-corrected chi connectivity index (χ2v) is 8.27. The van der Waals surface area contributed by atoms with Crippen LogP contribution in [0.25, 0.3) is 0 Å². The number of hydrogen-bond acceptors (Lipinski definition) is 3. The van der Waals surface area contributed by atoms with Gasteiger partial charge in [-0.2, -0.15) is 4.31 Å². The monoisotopic (exact) mass is 364 g/mol. The van der Waals surface area contributed by atoms with Gasteiger partial charge in [-0.3, -0.25) is 4.90 Å². The van der Waals surface area contributed by atoms with Gasteiger partial charge in [0.05, 0.1) is 5.02 Å². The summed E-state index contributed by atoms with van der Waals surface area (Å²) >= 11 is 6.07. The lowest BCUT2D eigenvalue weighted by Gasteiger charge is -2.37. The number of piperazine rings is 1. The summed E-state index contributed by atoms with van der Waals surface area (Å²) in [6, 6.07) is 17.2. The molecule has 1 atom stereocenters. The van der Waals surface area contributed by atoms with Crippen molar-refractivity contribution >= 4 is 21.6 Å². The van der Waals surface area contributed by atoms with Gasteiger partial charge in [-0.05, 0) is 24.6 Å². The van der Waals surface area contributed by atoms with Gasteiger partial charge in [-0.25, -0.2) is 8.42 Å². The van der Waals surface area contributed by atoms with Crippen LogP contribution in [0.5, 0.6) is 0 Å². The SMILES string of the molecule is C[C@H](c1ccccc1)N1CCN(S(=O)(=O)c2ccccc2Cl)CC1. The minimum absolute atomic E-state index is 0.191. The van der Waals surface area contributed by atoms with Gasteiger partial charge in [0.2, 0.25) is 10.0 Å². The summed E-state index contributed by atoms with van der Waals surface area (Å²) in [7, 11) is -3.53. The normalized spacial score (nSPS) is 18.4. The van der Waals surface area contributed by atoms with Crippen LogP contribution in [-0.2, 0) is 10.0 Å². The van der Waals surface area contributed by atoms with E-state index in [-0.39, 0.29) is 16.0 Å². The van der Waals surface area contributed by atoms with Crippen LogP contribution in [0.3, 0.4) is 0 Å². The molecule has 0 N–H and O–H groups in total. The summed E-state index contributed by atoms with van der Waals surface area (Å²) in [6.07, 6.45) is 0. The number of nitrogens with zero attached hydrogens (tertiary/aromatic N) is 2. The Labute approximate surface area is 148 Å². The Morgan fingerprint density at radius 3 is 2.12 bits per heavy atom. The predicted molar refractivity (Wildman–Crippen MR) is 96.6 cm³/mol. The Balaban J connectivity index is 1.70. The standard InChI is InChI=1S/C18H21ClN2O2S/c1-15(16-7-3-2-4-8-16)20-11-13-21(14-12-20)24(22,23)18-10-6-5-9-17(18)19/h2-10,15H,11-14H2,1H3/t15-/m1/s1. The second-order valence-electron chi connectivity index (χ2n) is 5.96. The summed E-state index contributed by atoms with van der Waals surface area (Å²) in [4.78, 5) is 2.50. The summed E-state index contributed by atoms with van der Waals surface area (Å²) in [5, 5.41) is 0.276. The van der Waals surface area contributed by atoms with Gasteiger partial charge in [-0.15, -0.1) is 0 Å². The lowest BCUT2D eigenvalue weighted by atomic mass is 10.1. The van der Waals surface area contributed by atoms with Gasteiger partial charge in [0.25, 0.3) is 0 Å². The Morgan fingerprint density at radius 2 is 1.50 bits per heavy atom. The molecule has 0 saturated carbocycles. The molecule has 4 nitrogen and oxygen atoms in total. The number of sulfonamides is 1. The van der Waals surface area contributed by atoms with E-state index in [1.54, 1.807) is 24.3 Å². The van der Waals surface area contributed by atoms with Crippen LogP contribution >= 0.6 is 11.6 Å². The highest BCUT2D eigenvalue weighted by Gasteiger charge is 2.31. The van der Waals surface area contributed by atoms with E-state index in [0.717, 1.165) is 0 Å². The van der Waals surface area contributed by atoms with Gasteiger partial charge in [0, 0.05) is 32.2 Å². The lowest BCUT2D eigenvalue weighted by molar-refractivity contribution is 0.146.